The Morgan fingerprint density at radius 2 is 2.38 bits per heavy atom. The van der Waals surface area contributed by atoms with E-state index in [1.165, 1.54) is 0 Å². The molecule has 0 bridgehead atoms. The van der Waals surface area contributed by atoms with Gasteiger partial charge in [0.25, 0.3) is 0 Å². The number of β-amino-alcohol motifs (C(OH)–C–C–N with tert-alkyl or cyclic N) is 1. The quantitative estimate of drug-likeness (QED) is 0.507. The second-order valence-electron chi connectivity index (χ2n) is 4.31. The van der Waals surface area contributed by atoms with Crippen LogP contribution in [0.25, 0.3) is 0 Å². The molecule has 0 aromatic heterocycles. The Bertz CT molecular complexity index is 261. The van der Waals surface area contributed by atoms with Crippen LogP contribution in [-0.2, 0) is 9.53 Å². The van der Waals surface area contributed by atoms with Gasteiger partial charge in [0.05, 0.1) is 31.5 Å². The molecule has 0 aromatic carbocycles. The number of nitrogens with zero attached hydrogens (tertiary/aromatic N) is 1. The minimum absolute atomic E-state index is 0.00157. The fourth-order valence-corrected chi connectivity index (χ4v) is 2.16. The van der Waals surface area contributed by atoms with Crippen LogP contribution >= 0.6 is 0 Å². The molecule has 16 heavy (non-hydrogen) atoms. The number of aliphatic hydroxyl groups excluding tert-OH is 2. The van der Waals surface area contributed by atoms with Crippen LogP contribution in [0, 0.1) is 0 Å². The van der Waals surface area contributed by atoms with Crippen molar-refractivity contribution in [2.24, 2.45) is 0 Å². The summed E-state index contributed by atoms with van der Waals surface area (Å²) < 4.78 is 5.28. The molecule has 3 N–H and O–H groups in total. The second-order valence-corrected chi connectivity index (χ2v) is 4.31. The Kier molecular flexibility index (Phi) is 3.75. The fraction of sp³-hybridized carbons (Fsp3) is 0.900. The summed E-state index contributed by atoms with van der Waals surface area (Å²) in [5.74, 6) is -0.00157. The van der Waals surface area contributed by atoms with Gasteiger partial charge in [0.1, 0.15) is 0 Å². The van der Waals surface area contributed by atoms with E-state index < -0.39 is 6.10 Å². The molecule has 92 valence electrons. The minimum Gasteiger partial charge on any atom is -0.394 e. The van der Waals surface area contributed by atoms with Crippen LogP contribution < -0.4 is 5.32 Å². The Morgan fingerprint density at radius 3 is 3.00 bits per heavy atom. The number of hydrogen-bond acceptors (Lipinski definition) is 5. The summed E-state index contributed by atoms with van der Waals surface area (Å²) in [4.78, 5) is 13.7. The first kappa shape index (κ1) is 11.8. The van der Waals surface area contributed by atoms with Gasteiger partial charge in [-0.1, -0.05) is 0 Å². The molecular weight excluding hydrogens is 212 g/mol. The van der Waals surface area contributed by atoms with Crippen LogP contribution in [0.2, 0.25) is 0 Å². The minimum atomic E-state index is -0.427. The average Bonchev–Trinajstić information content (AvgIpc) is 2.75. The molecule has 3 unspecified atom stereocenters. The van der Waals surface area contributed by atoms with Crippen molar-refractivity contribution in [2.75, 3.05) is 32.8 Å². The van der Waals surface area contributed by atoms with Gasteiger partial charge in [0.15, 0.2) is 0 Å². The third kappa shape index (κ3) is 2.52. The number of ether oxygens (including phenoxy) is 1. The molecule has 0 radical (unpaired) electrons. The normalized spacial score (nSPS) is 35.4. The van der Waals surface area contributed by atoms with E-state index in [0.29, 0.717) is 32.7 Å². The maximum atomic E-state index is 12.0. The van der Waals surface area contributed by atoms with Crippen molar-refractivity contribution >= 4 is 5.91 Å². The Labute approximate surface area is 94.2 Å². The Morgan fingerprint density at radius 1 is 1.56 bits per heavy atom. The molecule has 3 atom stereocenters. The van der Waals surface area contributed by atoms with Gasteiger partial charge in [0.2, 0.25) is 5.91 Å². The molecule has 0 saturated carbocycles. The zero-order valence-corrected chi connectivity index (χ0v) is 9.13. The first-order valence-corrected chi connectivity index (χ1v) is 5.63. The maximum Gasteiger partial charge on any atom is 0.239 e. The zero-order valence-electron chi connectivity index (χ0n) is 9.13. The van der Waals surface area contributed by atoms with Gasteiger partial charge in [-0.3, -0.25) is 4.79 Å². The topological polar surface area (TPSA) is 82.0 Å². The van der Waals surface area contributed by atoms with E-state index in [1.807, 2.05) is 0 Å². The zero-order chi connectivity index (χ0) is 11.5. The molecule has 2 fully saturated rings. The summed E-state index contributed by atoms with van der Waals surface area (Å²) in [7, 11) is 0. The van der Waals surface area contributed by atoms with E-state index in [1.54, 1.807) is 4.90 Å². The van der Waals surface area contributed by atoms with Crippen molar-refractivity contribution in [3.8, 4) is 0 Å². The van der Waals surface area contributed by atoms with Crippen LogP contribution in [0.15, 0.2) is 0 Å². The van der Waals surface area contributed by atoms with Gasteiger partial charge in [-0.15, -0.1) is 0 Å². The van der Waals surface area contributed by atoms with Crippen molar-refractivity contribution in [2.45, 2.75) is 24.7 Å². The number of carbonyl (C=O) groups excluding carboxylic acids is 1. The van der Waals surface area contributed by atoms with E-state index in [4.69, 9.17) is 9.84 Å². The van der Waals surface area contributed by atoms with Gasteiger partial charge < -0.3 is 25.2 Å². The van der Waals surface area contributed by atoms with Crippen molar-refractivity contribution in [3.05, 3.63) is 0 Å². The number of amides is 1. The highest BCUT2D eigenvalue weighted by molar-refractivity contribution is 5.82. The number of carbonyl (C=O) groups is 1. The van der Waals surface area contributed by atoms with Gasteiger partial charge in [-0.2, -0.15) is 0 Å². The third-order valence-electron chi connectivity index (χ3n) is 3.06. The van der Waals surface area contributed by atoms with Gasteiger partial charge in [-0.25, -0.2) is 0 Å². The van der Waals surface area contributed by atoms with Crippen LogP contribution in [0.4, 0.5) is 0 Å². The van der Waals surface area contributed by atoms with Crippen LogP contribution in [0.5, 0.6) is 0 Å². The SMILES string of the molecule is O=C(C1CC(O)CN1)N1CCOC(CO)C1. The summed E-state index contributed by atoms with van der Waals surface area (Å²) in [5, 5.41) is 21.3. The lowest BCUT2D eigenvalue weighted by Crippen LogP contribution is -2.52. The highest BCUT2D eigenvalue weighted by atomic mass is 16.5. The molecule has 0 aliphatic carbocycles. The number of nitrogens with one attached hydrogen (secondary N) is 1. The highest BCUT2D eigenvalue weighted by Gasteiger charge is 2.33. The summed E-state index contributed by atoms with van der Waals surface area (Å²) >= 11 is 0. The van der Waals surface area contributed by atoms with Crippen molar-refractivity contribution < 1.29 is 19.7 Å². The molecule has 2 saturated heterocycles. The Hall–Kier alpha value is -0.690. The van der Waals surface area contributed by atoms with Gasteiger partial charge in [-0.05, 0) is 6.42 Å². The van der Waals surface area contributed by atoms with Crippen LogP contribution in [0.1, 0.15) is 6.42 Å². The average molecular weight is 230 g/mol. The monoisotopic (exact) mass is 230 g/mol. The lowest BCUT2D eigenvalue weighted by molar-refractivity contribution is -0.142. The van der Waals surface area contributed by atoms with E-state index in [0.717, 1.165) is 0 Å². The molecule has 0 spiro atoms. The standard InChI is InChI=1S/C10H18N2O4/c13-6-8-5-12(1-2-16-8)10(15)9-3-7(14)4-11-9/h7-9,11,13-14H,1-6H2. The molecule has 2 aliphatic heterocycles. The van der Waals surface area contributed by atoms with E-state index in [9.17, 15) is 9.90 Å². The number of aliphatic hydroxyl groups is 2. The lowest BCUT2D eigenvalue weighted by Gasteiger charge is -2.33. The van der Waals surface area contributed by atoms with Crippen molar-refractivity contribution in [1.82, 2.24) is 10.2 Å². The summed E-state index contributed by atoms with van der Waals surface area (Å²) in [6, 6.07) is -0.285. The number of morpholine rings is 1. The summed E-state index contributed by atoms with van der Waals surface area (Å²) in [5.41, 5.74) is 0. The fourth-order valence-electron chi connectivity index (χ4n) is 2.16. The predicted octanol–water partition coefficient (Wildman–Crippen LogP) is -2.07. The molecule has 2 rings (SSSR count). The molecule has 0 aromatic rings. The van der Waals surface area contributed by atoms with E-state index in [-0.39, 0.29) is 24.7 Å². The first-order chi connectivity index (χ1) is 7.70. The molecule has 2 heterocycles. The van der Waals surface area contributed by atoms with Gasteiger partial charge >= 0.3 is 0 Å². The van der Waals surface area contributed by atoms with Crippen LogP contribution in [0.3, 0.4) is 0 Å². The first-order valence-electron chi connectivity index (χ1n) is 5.63. The summed E-state index contributed by atoms with van der Waals surface area (Å²) in [6.07, 6.45) is -0.229. The van der Waals surface area contributed by atoms with Crippen LogP contribution in [-0.4, -0.2) is 72.1 Å². The maximum absolute atomic E-state index is 12.0. The number of rotatable bonds is 2. The second kappa shape index (κ2) is 5.09. The molecule has 6 heteroatoms. The molecule has 1 amide bonds. The summed E-state index contributed by atoms with van der Waals surface area (Å²) in [6.45, 7) is 1.87. The predicted molar refractivity (Wildman–Crippen MR) is 55.8 cm³/mol. The smallest absolute Gasteiger partial charge is 0.239 e. The number of hydrogen-bond donors (Lipinski definition) is 3. The highest BCUT2D eigenvalue weighted by Crippen LogP contribution is 2.12. The molecule has 6 nitrogen and oxygen atoms in total. The van der Waals surface area contributed by atoms with Crippen molar-refractivity contribution in [1.29, 1.82) is 0 Å². The van der Waals surface area contributed by atoms with E-state index >= 15 is 0 Å². The largest absolute Gasteiger partial charge is 0.394 e. The third-order valence-corrected chi connectivity index (χ3v) is 3.06. The molecular formula is C10H18N2O4. The van der Waals surface area contributed by atoms with Gasteiger partial charge in [0, 0.05) is 19.6 Å². The molecule has 2 aliphatic rings. The van der Waals surface area contributed by atoms with Crippen molar-refractivity contribution in [3.63, 3.8) is 0 Å². The Balaban J connectivity index is 1.89. The lowest BCUT2D eigenvalue weighted by atomic mass is 10.1. The van der Waals surface area contributed by atoms with E-state index in [2.05, 4.69) is 5.32 Å².